The molecule has 1 aromatic carbocycles. The van der Waals surface area contributed by atoms with Crippen LogP contribution in [0, 0.1) is 13.8 Å². The van der Waals surface area contributed by atoms with Crippen LogP contribution in [0.25, 0.3) is 0 Å². The molecule has 1 heterocycles. The average molecular weight is 346 g/mol. The van der Waals surface area contributed by atoms with E-state index in [-0.39, 0.29) is 6.10 Å². The highest BCUT2D eigenvalue weighted by atomic mass is 16.5. The first-order valence-electron chi connectivity index (χ1n) is 8.20. The topological polar surface area (TPSA) is 80.9 Å². The molecule has 7 nitrogen and oxygen atoms in total. The lowest BCUT2D eigenvalue weighted by atomic mass is 10.3. The Morgan fingerprint density at radius 3 is 2.44 bits per heavy atom. The van der Waals surface area contributed by atoms with Crippen molar-refractivity contribution in [2.75, 3.05) is 20.7 Å². The molecule has 0 amide bonds. The molecule has 0 aliphatic carbocycles. The minimum absolute atomic E-state index is 0.0295. The van der Waals surface area contributed by atoms with Crippen molar-refractivity contribution in [1.29, 1.82) is 0 Å². The second-order valence-corrected chi connectivity index (χ2v) is 5.66. The van der Waals surface area contributed by atoms with E-state index in [1.54, 1.807) is 14.2 Å². The van der Waals surface area contributed by atoms with Crippen molar-refractivity contribution < 1.29 is 13.9 Å². The van der Waals surface area contributed by atoms with Gasteiger partial charge in [0.2, 0.25) is 5.89 Å². The van der Waals surface area contributed by atoms with E-state index < -0.39 is 0 Å². The van der Waals surface area contributed by atoms with Gasteiger partial charge in [0, 0.05) is 7.05 Å². The lowest BCUT2D eigenvalue weighted by Crippen LogP contribution is -2.41. The van der Waals surface area contributed by atoms with Crippen molar-refractivity contribution in [2.45, 2.75) is 33.4 Å². The zero-order chi connectivity index (χ0) is 18.2. The molecular formula is C18H26N4O3. The van der Waals surface area contributed by atoms with E-state index in [0.717, 1.165) is 23.0 Å². The predicted molar refractivity (Wildman–Crippen MR) is 97.3 cm³/mol. The minimum Gasteiger partial charge on any atom is -0.497 e. The van der Waals surface area contributed by atoms with Crippen molar-refractivity contribution in [2.24, 2.45) is 4.99 Å². The van der Waals surface area contributed by atoms with Crippen molar-refractivity contribution in [3.05, 3.63) is 41.6 Å². The maximum atomic E-state index is 5.86. The summed E-state index contributed by atoms with van der Waals surface area (Å²) >= 11 is 0. The van der Waals surface area contributed by atoms with Crippen LogP contribution in [0.1, 0.15) is 24.3 Å². The van der Waals surface area contributed by atoms with Gasteiger partial charge in [-0.15, -0.1) is 0 Å². The largest absolute Gasteiger partial charge is 0.497 e. The Bertz CT molecular complexity index is 675. The second-order valence-electron chi connectivity index (χ2n) is 5.66. The van der Waals surface area contributed by atoms with Gasteiger partial charge >= 0.3 is 0 Å². The quantitative estimate of drug-likeness (QED) is 0.592. The van der Waals surface area contributed by atoms with Crippen LogP contribution < -0.4 is 20.1 Å². The van der Waals surface area contributed by atoms with Crippen LogP contribution in [0.15, 0.2) is 33.7 Å². The van der Waals surface area contributed by atoms with Gasteiger partial charge in [-0.1, -0.05) is 0 Å². The van der Waals surface area contributed by atoms with Gasteiger partial charge in [0.15, 0.2) is 5.96 Å². The zero-order valence-electron chi connectivity index (χ0n) is 15.4. The smallest absolute Gasteiger partial charge is 0.214 e. The van der Waals surface area contributed by atoms with Gasteiger partial charge in [-0.05, 0) is 45.0 Å². The van der Waals surface area contributed by atoms with Crippen LogP contribution in [-0.4, -0.2) is 37.7 Å². The fourth-order valence-electron chi connectivity index (χ4n) is 2.16. The van der Waals surface area contributed by atoms with Crippen LogP contribution in [0.2, 0.25) is 0 Å². The van der Waals surface area contributed by atoms with Crippen molar-refractivity contribution in [3.8, 4) is 11.5 Å². The molecule has 0 aliphatic heterocycles. The maximum absolute atomic E-state index is 5.86. The van der Waals surface area contributed by atoms with E-state index in [1.807, 2.05) is 45.0 Å². The Kier molecular flexibility index (Phi) is 6.68. The zero-order valence-corrected chi connectivity index (χ0v) is 15.4. The second kappa shape index (κ2) is 8.96. The summed E-state index contributed by atoms with van der Waals surface area (Å²) in [5, 5.41) is 6.39. The summed E-state index contributed by atoms with van der Waals surface area (Å²) in [5.74, 6) is 3.74. The van der Waals surface area contributed by atoms with Gasteiger partial charge in [0.25, 0.3) is 0 Å². The number of oxazole rings is 1. The third kappa shape index (κ3) is 5.70. The molecule has 0 spiro atoms. The summed E-state index contributed by atoms with van der Waals surface area (Å²) in [5.41, 5.74) is 0.904. The fraction of sp³-hybridized carbons (Fsp3) is 0.444. The van der Waals surface area contributed by atoms with Gasteiger partial charge in [-0.25, -0.2) is 4.98 Å². The first kappa shape index (κ1) is 18.6. The summed E-state index contributed by atoms with van der Waals surface area (Å²) in [7, 11) is 3.36. The minimum atomic E-state index is -0.0295. The van der Waals surface area contributed by atoms with E-state index >= 15 is 0 Å². The molecule has 7 heteroatoms. The Labute approximate surface area is 148 Å². The molecule has 2 N–H and O–H groups in total. The molecule has 1 aromatic heterocycles. The van der Waals surface area contributed by atoms with Crippen LogP contribution in [-0.2, 0) is 6.54 Å². The number of benzene rings is 1. The number of nitrogens with zero attached hydrogens (tertiary/aromatic N) is 2. The van der Waals surface area contributed by atoms with Gasteiger partial charge < -0.3 is 24.5 Å². The summed E-state index contributed by atoms with van der Waals surface area (Å²) < 4.78 is 16.5. The number of aromatic nitrogens is 1. The number of hydrogen-bond acceptors (Lipinski definition) is 5. The molecule has 0 radical (unpaired) electrons. The van der Waals surface area contributed by atoms with E-state index in [9.17, 15) is 0 Å². The van der Waals surface area contributed by atoms with Gasteiger partial charge in [-0.2, -0.15) is 0 Å². The normalized spacial score (nSPS) is 12.6. The summed E-state index contributed by atoms with van der Waals surface area (Å²) in [4.78, 5) is 8.52. The molecule has 0 saturated carbocycles. The van der Waals surface area contributed by atoms with E-state index in [1.165, 1.54) is 0 Å². The van der Waals surface area contributed by atoms with E-state index in [4.69, 9.17) is 13.9 Å². The summed E-state index contributed by atoms with van der Waals surface area (Å²) in [6.07, 6.45) is -0.0295. The first-order chi connectivity index (χ1) is 12.0. The Balaban J connectivity index is 1.77. The highest BCUT2D eigenvalue weighted by Crippen LogP contribution is 2.17. The van der Waals surface area contributed by atoms with Crippen LogP contribution in [0.4, 0.5) is 0 Å². The Morgan fingerprint density at radius 1 is 1.20 bits per heavy atom. The van der Waals surface area contributed by atoms with E-state index in [2.05, 4.69) is 20.6 Å². The lowest BCUT2D eigenvalue weighted by Gasteiger charge is -2.17. The van der Waals surface area contributed by atoms with Gasteiger partial charge in [-0.3, -0.25) is 4.99 Å². The Morgan fingerprint density at radius 2 is 1.88 bits per heavy atom. The molecule has 2 rings (SSSR count). The summed E-state index contributed by atoms with van der Waals surface area (Å²) in [6.45, 7) is 6.90. The third-order valence-electron chi connectivity index (χ3n) is 3.66. The molecular weight excluding hydrogens is 320 g/mol. The third-order valence-corrected chi connectivity index (χ3v) is 3.66. The highest BCUT2D eigenvalue weighted by molar-refractivity contribution is 5.79. The molecule has 0 fully saturated rings. The standard InChI is InChI=1S/C18H26N4O3/c1-12(24-16-8-6-15(23-5)7-9-16)10-20-18(19-4)21-11-17-22-13(2)14(3)25-17/h6-9,12H,10-11H2,1-5H3,(H2,19,20,21). The van der Waals surface area contributed by atoms with Crippen LogP contribution >= 0.6 is 0 Å². The molecule has 0 aliphatic rings. The number of guanidine groups is 1. The maximum Gasteiger partial charge on any atom is 0.214 e. The fourth-order valence-corrected chi connectivity index (χ4v) is 2.16. The SMILES string of the molecule is CN=C(NCc1nc(C)c(C)o1)NCC(C)Oc1ccc(OC)cc1. The van der Waals surface area contributed by atoms with Crippen molar-refractivity contribution >= 4 is 5.96 Å². The average Bonchev–Trinajstić information content (AvgIpc) is 2.93. The molecule has 0 saturated heterocycles. The predicted octanol–water partition coefficient (Wildman–Crippen LogP) is 2.43. The molecule has 2 aromatic rings. The summed E-state index contributed by atoms with van der Waals surface area (Å²) in [6, 6.07) is 7.51. The number of methoxy groups -OCH3 is 1. The first-order valence-corrected chi connectivity index (χ1v) is 8.20. The Hall–Kier alpha value is -2.70. The number of rotatable bonds is 7. The van der Waals surface area contributed by atoms with Crippen molar-refractivity contribution in [3.63, 3.8) is 0 Å². The van der Waals surface area contributed by atoms with Crippen LogP contribution in [0.3, 0.4) is 0 Å². The lowest BCUT2D eigenvalue weighted by molar-refractivity contribution is 0.223. The van der Waals surface area contributed by atoms with Crippen molar-refractivity contribution in [1.82, 2.24) is 15.6 Å². The number of hydrogen-bond donors (Lipinski definition) is 2. The molecule has 1 unspecified atom stereocenters. The highest BCUT2D eigenvalue weighted by Gasteiger charge is 2.08. The van der Waals surface area contributed by atoms with Crippen LogP contribution in [0.5, 0.6) is 11.5 Å². The molecule has 0 bridgehead atoms. The molecule has 25 heavy (non-hydrogen) atoms. The number of aryl methyl sites for hydroxylation is 2. The number of aliphatic imine (C=N–C) groups is 1. The van der Waals surface area contributed by atoms with Gasteiger partial charge in [0.1, 0.15) is 23.4 Å². The number of ether oxygens (including phenoxy) is 2. The monoisotopic (exact) mass is 346 g/mol. The number of nitrogens with one attached hydrogen (secondary N) is 2. The molecule has 136 valence electrons. The van der Waals surface area contributed by atoms with E-state index in [0.29, 0.717) is 24.9 Å². The molecule has 1 atom stereocenters. The van der Waals surface area contributed by atoms with Gasteiger partial charge in [0.05, 0.1) is 25.9 Å².